The number of alkyl halides is 1. The number of rotatable bonds is 4. The quantitative estimate of drug-likeness (QED) is 0.536. The summed E-state index contributed by atoms with van der Waals surface area (Å²) in [5.74, 6) is 0.591. The van der Waals surface area contributed by atoms with E-state index in [0.29, 0.717) is 27.4 Å². The average Bonchev–Trinajstić information content (AvgIpc) is 2.42. The van der Waals surface area contributed by atoms with Gasteiger partial charge in [0, 0.05) is 16.1 Å². The number of benzene rings is 2. The molecule has 2 aromatic rings. The zero-order chi connectivity index (χ0) is 14.7. The topological polar surface area (TPSA) is 9.23 Å². The molecule has 0 aliphatic rings. The maximum atomic E-state index is 6.32. The highest BCUT2D eigenvalue weighted by molar-refractivity contribution is 9.09. The number of hydrogen-bond acceptors (Lipinski definition) is 1. The fourth-order valence-electron chi connectivity index (χ4n) is 1.85. The smallest absolute Gasteiger partial charge is 0.139 e. The van der Waals surface area contributed by atoms with Crippen LogP contribution in [-0.4, -0.2) is 6.61 Å². The van der Waals surface area contributed by atoms with Gasteiger partial charge in [-0.15, -0.1) is 0 Å². The first-order valence-corrected chi connectivity index (χ1v) is 8.09. The zero-order valence-electron chi connectivity index (χ0n) is 10.7. The van der Waals surface area contributed by atoms with Crippen LogP contribution in [0.25, 0.3) is 0 Å². The Bertz CT molecular complexity index is 616. The van der Waals surface area contributed by atoms with E-state index in [4.69, 9.17) is 39.5 Å². The van der Waals surface area contributed by atoms with Gasteiger partial charge in [-0.2, -0.15) is 0 Å². The van der Waals surface area contributed by atoms with E-state index in [0.717, 1.165) is 11.1 Å². The molecule has 0 aromatic heterocycles. The minimum atomic E-state index is -0.0816. The minimum absolute atomic E-state index is 0.0816. The molecular weight excluding hydrogens is 382 g/mol. The first kappa shape index (κ1) is 16.0. The molecule has 0 heterocycles. The molecule has 0 N–H and O–H groups in total. The van der Waals surface area contributed by atoms with Crippen LogP contribution in [0.1, 0.15) is 22.9 Å². The van der Waals surface area contributed by atoms with E-state index < -0.39 is 0 Å². The predicted molar refractivity (Wildman–Crippen MR) is 89.9 cm³/mol. The summed E-state index contributed by atoms with van der Waals surface area (Å²) in [6, 6.07) is 11.2. The molecule has 0 radical (unpaired) electrons. The molecule has 20 heavy (non-hydrogen) atoms. The Kier molecular flexibility index (Phi) is 5.62. The Labute approximate surface area is 141 Å². The fraction of sp³-hybridized carbons (Fsp3) is 0.200. The van der Waals surface area contributed by atoms with Crippen LogP contribution in [0.15, 0.2) is 36.4 Å². The van der Waals surface area contributed by atoms with Gasteiger partial charge < -0.3 is 4.74 Å². The highest BCUT2D eigenvalue weighted by Crippen LogP contribution is 2.40. The second-order valence-electron chi connectivity index (χ2n) is 4.15. The third kappa shape index (κ3) is 3.62. The highest BCUT2D eigenvalue weighted by atomic mass is 79.9. The Balaban J connectivity index is 2.40. The molecule has 0 amide bonds. The molecule has 0 bridgehead atoms. The molecule has 2 aromatic carbocycles. The van der Waals surface area contributed by atoms with Gasteiger partial charge >= 0.3 is 0 Å². The summed E-state index contributed by atoms with van der Waals surface area (Å²) in [5, 5.41) is 1.82. The first-order valence-electron chi connectivity index (χ1n) is 6.04. The van der Waals surface area contributed by atoms with Gasteiger partial charge in [-0.1, -0.05) is 62.9 Å². The lowest BCUT2D eigenvalue weighted by molar-refractivity contribution is 0.340. The van der Waals surface area contributed by atoms with E-state index in [1.165, 1.54) is 0 Å². The van der Waals surface area contributed by atoms with E-state index in [9.17, 15) is 0 Å². The van der Waals surface area contributed by atoms with Crippen molar-refractivity contribution in [1.29, 1.82) is 0 Å². The Morgan fingerprint density at radius 1 is 1.10 bits per heavy atom. The van der Waals surface area contributed by atoms with Gasteiger partial charge in [0.1, 0.15) is 5.75 Å². The molecule has 0 spiro atoms. The van der Waals surface area contributed by atoms with Crippen LogP contribution in [-0.2, 0) is 0 Å². The Morgan fingerprint density at radius 2 is 1.85 bits per heavy atom. The third-order valence-corrected chi connectivity index (χ3v) is 4.65. The highest BCUT2D eigenvalue weighted by Gasteiger charge is 2.17. The van der Waals surface area contributed by atoms with Crippen LogP contribution in [0.3, 0.4) is 0 Å². The molecule has 1 nitrogen and oxygen atoms in total. The van der Waals surface area contributed by atoms with Gasteiger partial charge in [0.15, 0.2) is 0 Å². The first-order chi connectivity index (χ1) is 9.52. The summed E-state index contributed by atoms with van der Waals surface area (Å²) >= 11 is 22.2. The second-order valence-corrected chi connectivity index (χ2v) is 6.32. The molecule has 1 unspecified atom stereocenters. The largest absolute Gasteiger partial charge is 0.492 e. The van der Waals surface area contributed by atoms with E-state index in [-0.39, 0.29) is 4.83 Å². The van der Waals surface area contributed by atoms with Gasteiger partial charge in [0.25, 0.3) is 0 Å². The van der Waals surface area contributed by atoms with Gasteiger partial charge in [0.05, 0.1) is 16.5 Å². The SMILES string of the molecule is CCOc1cc(Cl)c(C(Br)c2cccc(Cl)c2)cc1Cl. The van der Waals surface area contributed by atoms with E-state index in [1.807, 2.05) is 37.3 Å². The monoisotopic (exact) mass is 392 g/mol. The van der Waals surface area contributed by atoms with Crippen molar-refractivity contribution in [3.63, 3.8) is 0 Å². The van der Waals surface area contributed by atoms with Gasteiger partial charge in [-0.3, -0.25) is 0 Å². The van der Waals surface area contributed by atoms with Crippen LogP contribution >= 0.6 is 50.7 Å². The number of hydrogen-bond donors (Lipinski definition) is 0. The molecule has 2 rings (SSSR count). The number of ether oxygens (including phenoxy) is 1. The average molecular weight is 395 g/mol. The molecule has 106 valence electrons. The van der Waals surface area contributed by atoms with Crippen molar-refractivity contribution in [1.82, 2.24) is 0 Å². The fourth-order valence-corrected chi connectivity index (χ4v) is 3.33. The Morgan fingerprint density at radius 3 is 2.50 bits per heavy atom. The van der Waals surface area contributed by atoms with E-state index in [1.54, 1.807) is 6.07 Å². The molecule has 0 saturated heterocycles. The standard InChI is InChI=1S/C15H12BrCl3O/c1-2-20-14-8-12(18)11(7-13(14)19)15(16)9-4-3-5-10(17)6-9/h3-8,15H,2H2,1H3. The minimum Gasteiger partial charge on any atom is -0.492 e. The predicted octanol–water partition coefficient (Wildman–Crippen LogP) is 6.53. The molecule has 0 fully saturated rings. The molecular formula is C15H12BrCl3O. The Hall–Kier alpha value is -0.410. The van der Waals surface area contributed by atoms with Crippen LogP contribution < -0.4 is 4.74 Å². The summed E-state index contributed by atoms with van der Waals surface area (Å²) in [4.78, 5) is -0.0816. The second kappa shape index (κ2) is 7.04. The summed E-state index contributed by atoms with van der Waals surface area (Å²) in [7, 11) is 0. The maximum absolute atomic E-state index is 6.32. The van der Waals surface area contributed by atoms with E-state index in [2.05, 4.69) is 15.9 Å². The molecule has 0 aliphatic heterocycles. The maximum Gasteiger partial charge on any atom is 0.139 e. The summed E-state index contributed by atoms with van der Waals surface area (Å²) < 4.78 is 5.42. The van der Waals surface area contributed by atoms with Gasteiger partial charge in [0.2, 0.25) is 0 Å². The van der Waals surface area contributed by atoms with Crippen LogP contribution in [0.5, 0.6) is 5.75 Å². The summed E-state index contributed by atoms with van der Waals surface area (Å²) in [6.07, 6.45) is 0. The normalized spacial score (nSPS) is 12.2. The number of halogens is 4. The molecule has 5 heteroatoms. The van der Waals surface area contributed by atoms with Crippen molar-refractivity contribution in [2.75, 3.05) is 6.61 Å². The lowest BCUT2D eigenvalue weighted by atomic mass is 10.0. The van der Waals surface area contributed by atoms with Crippen LogP contribution in [0.2, 0.25) is 15.1 Å². The molecule has 0 saturated carbocycles. The van der Waals surface area contributed by atoms with Crippen LogP contribution in [0.4, 0.5) is 0 Å². The van der Waals surface area contributed by atoms with Crippen molar-refractivity contribution in [2.24, 2.45) is 0 Å². The summed E-state index contributed by atoms with van der Waals surface area (Å²) in [6.45, 7) is 2.44. The van der Waals surface area contributed by atoms with Crippen molar-refractivity contribution < 1.29 is 4.74 Å². The molecule has 0 aliphatic carbocycles. The lowest BCUT2D eigenvalue weighted by Gasteiger charge is -2.15. The van der Waals surface area contributed by atoms with Gasteiger partial charge in [-0.05, 0) is 36.2 Å². The third-order valence-electron chi connectivity index (χ3n) is 2.77. The van der Waals surface area contributed by atoms with Crippen molar-refractivity contribution in [3.8, 4) is 5.75 Å². The van der Waals surface area contributed by atoms with E-state index >= 15 is 0 Å². The van der Waals surface area contributed by atoms with Crippen LogP contribution in [0, 0.1) is 0 Å². The molecule has 1 atom stereocenters. The van der Waals surface area contributed by atoms with Gasteiger partial charge in [-0.25, -0.2) is 0 Å². The van der Waals surface area contributed by atoms with Crippen molar-refractivity contribution >= 4 is 50.7 Å². The lowest BCUT2D eigenvalue weighted by Crippen LogP contribution is -1.97. The zero-order valence-corrected chi connectivity index (χ0v) is 14.5. The van der Waals surface area contributed by atoms with Crippen molar-refractivity contribution in [2.45, 2.75) is 11.8 Å². The summed E-state index contributed by atoms with van der Waals surface area (Å²) in [5.41, 5.74) is 1.89. The van der Waals surface area contributed by atoms with Crippen molar-refractivity contribution in [3.05, 3.63) is 62.6 Å².